The van der Waals surface area contributed by atoms with Crippen molar-refractivity contribution < 1.29 is 4.79 Å². The van der Waals surface area contributed by atoms with Gasteiger partial charge in [0.1, 0.15) is 0 Å². The summed E-state index contributed by atoms with van der Waals surface area (Å²) in [6.07, 6.45) is 0.463. The largest absolute Gasteiger partial charge is 0.359 e. The Morgan fingerprint density at radius 1 is 1.57 bits per heavy atom. The van der Waals surface area contributed by atoms with Gasteiger partial charge in [-0.3, -0.25) is 9.48 Å². The van der Waals surface area contributed by atoms with E-state index >= 15 is 0 Å². The van der Waals surface area contributed by atoms with E-state index in [-0.39, 0.29) is 5.91 Å². The standard InChI is InChI=1S/C9H14BrN3O/c1-6-9(10)7(2)13(12-6)5-4-8(14)11-3/h4-5H2,1-3H3,(H,11,14). The smallest absolute Gasteiger partial charge is 0.221 e. The van der Waals surface area contributed by atoms with Crippen LogP contribution in [0, 0.1) is 13.8 Å². The molecule has 0 bridgehead atoms. The number of amides is 1. The maximum atomic E-state index is 11.0. The predicted molar refractivity (Wildman–Crippen MR) is 58.1 cm³/mol. The number of carbonyl (C=O) groups excluding carboxylic acids is 1. The van der Waals surface area contributed by atoms with Gasteiger partial charge in [0, 0.05) is 19.2 Å². The van der Waals surface area contributed by atoms with Gasteiger partial charge >= 0.3 is 0 Å². The van der Waals surface area contributed by atoms with Crippen LogP contribution in [0.5, 0.6) is 0 Å². The summed E-state index contributed by atoms with van der Waals surface area (Å²) in [5.41, 5.74) is 2.02. The number of rotatable bonds is 3. The Kier molecular flexibility index (Phi) is 3.69. The van der Waals surface area contributed by atoms with Crippen LogP contribution in [0.4, 0.5) is 0 Å². The fourth-order valence-electron chi connectivity index (χ4n) is 1.23. The summed E-state index contributed by atoms with van der Waals surface area (Å²) < 4.78 is 2.86. The SMILES string of the molecule is CNC(=O)CCn1nc(C)c(Br)c1C. The monoisotopic (exact) mass is 259 g/mol. The van der Waals surface area contributed by atoms with Crippen LogP contribution in [0.15, 0.2) is 4.47 Å². The lowest BCUT2D eigenvalue weighted by Gasteiger charge is -2.03. The molecule has 78 valence electrons. The molecule has 0 radical (unpaired) electrons. The van der Waals surface area contributed by atoms with Gasteiger partial charge in [-0.15, -0.1) is 0 Å². The molecule has 1 N–H and O–H groups in total. The van der Waals surface area contributed by atoms with Gasteiger partial charge in [0.05, 0.1) is 16.7 Å². The van der Waals surface area contributed by atoms with Crippen molar-refractivity contribution in [1.29, 1.82) is 0 Å². The van der Waals surface area contributed by atoms with Crippen molar-refractivity contribution in [1.82, 2.24) is 15.1 Å². The first-order chi connectivity index (χ1) is 6.56. The molecular weight excluding hydrogens is 246 g/mol. The molecule has 0 aliphatic heterocycles. The molecule has 14 heavy (non-hydrogen) atoms. The summed E-state index contributed by atoms with van der Waals surface area (Å²) in [5, 5.41) is 6.89. The topological polar surface area (TPSA) is 46.9 Å². The van der Waals surface area contributed by atoms with E-state index in [1.165, 1.54) is 0 Å². The third-order valence-corrected chi connectivity index (χ3v) is 3.27. The summed E-state index contributed by atoms with van der Waals surface area (Å²) in [6, 6.07) is 0. The van der Waals surface area contributed by atoms with Crippen LogP contribution in [0.2, 0.25) is 0 Å². The third-order valence-electron chi connectivity index (χ3n) is 2.12. The first kappa shape index (κ1) is 11.2. The van der Waals surface area contributed by atoms with Crippen LogP contribution in [-0.4, -0.2) is 22.7 Å². The molecule has 0 aliphatic rings. The summed E-state index contributed by atoms with van der Waals surface area (Å²) in [4.78, 5) is 11.0. The number of aromatic nitrogens is 2. The Balaban J connectivity index is 2.68. The predicted octanol–water partition coefficient (Wildman–Crippen LogP) is 1.40. The van der Waals surface area contributed by atoms with Gasteiger partial charge < -0.3 is 5.32 Å². The lowest BCUT2D eigenvalue weighted by Crippen LogP contribution is -2.20. The molecule has 1 rings (SSSR count). The van der Waals surface area contributed by atoms with E-state index in [1.807, 2.05) is 18.5 Å². The Morgan fingerprint density at radius 3 is 2.64 bits per heavy atom. The second kappa shape index (κ2) is 4.59. The van der Waals surface area contributed by atoms with Crippen LogP contribution in [0.1, 0.15) is 17.8 Å². The van der Waals surface area contributed by atoms with Crippen LogP contribution < -0.4 is 5.32 Å². The van der Waals surface area contributed by atoms with Crippen molar-refractivity contribution in [3.63, 3.8) is 0 Å². The van der Waals surface area contributed by atoms with Gasteiger partial charge in [0.25, 0.3) is 0 Å². The van der Waals surface area contributed by atoms with E-state index < -0.39 is 0 Å². The van der Waals surface area contributed by atoms with E-state index in [9.17, 15) is 4.79 Å². The maximum absolute atomic E-state index is 11.0. The quantitative estimate of drug-likeness (QED) is 0.892. The van der Waals surface area contributed by atoms with Crippen LogP contribution in [0.3, 0.4) is 0 Å². The molecule has 0 unspecified atom stereocenters. The lowest BCUT2D eigenvalue weighted by molar-refractivity contribution is -0.120. The lowest BCUT2D eigenvalue weighted by atomic mass is 10.3. The number of nitrogens with one attached hydrogen (secondary N) is 1. The van der Waals surface area contributed by atoms with Crippen LogP contribution >= 0.6 is 15.9 Å². The molecule has 0 aromatic carbocycles. The van der Waals surface area contributed by atoms with Crippen LogP contribution in [-0.2, 0) is 11.3 Å². The van der Waals surface area contributed by atoms with Gasteiger partial charge in [-0.05, 0) is 29.8 Å². The molecule has 1 amide bonds. The number of hydrogen-bond donors (Lipinski definition) is 1. The summed E-state index contributed by atoms with van der Waals surface area (Å²) >= 11 is 3.44. The van der Waals surface area contributed by atoms with E-state index in [0.717, 1.165) is 15.9 Å². The summed E-state index contributed by atoms with van der Waals surface area (Å²) in [6.45, 7) is 4.54. The van der Waals surface area contributed by atoms with Gasteiger partial charge in [-0.1, -0.05) is 0 Å². The first-order valence-electron chi connectivity index (χ1n) is 4.46. The fourth-order valence-corrected chi connectivity index (χ4v) is 1.51. The van der Waals surface area contributed by atoms with E-state index in [4.69, 9.17) is 0 Å². The van der Waals surface area contributed by atoms with Gasteiger partial charge in [0.15, 0.2) is 0 Å². The normalized spacial score (nSPS) is 10.3. The molecule has 1 aromatic rings. The Hall–Kier alpha value is -0.840. The Morgan fingerprint density at radius 2 is 2.21 bits per heavy atom. The molecule has 4 nitrogen and oxygen atoms in total. The minimum Gasteiger partial charge on any atom is -0.359 e. The molecule has 0 saturated carbocycles. The van der Waals surface area contributed by atoms with E-state index in [1.54, 1.807) is 7.05 Å². The summed E-state index contributed by atoms with van der Waals surface area (Å²) in [5.74, 6) is 0.0358. The third kappa shape index (κ3) is 2.35. The minimum atomic E-state index is 0.0358. The van der Waals surface area contributed by atoms with Crippen molar-refractivity contribution in [2.45, 2.75) is 26.8 Å². The number of carbonyl (C=O) groups is 1. The molecule has 1 heterocycles. The minimum absolute atomic E-state index is 0.0358. The zero-order chi connectivity index (χ0) is 10.7. The highest BCUT2D eigenvalue weighted by molar-refractivity contribution is 9.10. The van der Waals surface area contributed by atoms with Gasteiger partial charge in [-0.25, -0.2) is 0 Å². The van der Waals surface area contributed by atoms with Crippen LogP contribution in [0.25, 0.3) is 0 Å². The molecule has 5 heteroatoms. The summed E-state index contributed by atoms with van der Waals surface area (Å²) in [7, 11) is 1.64. The number of aryl methyl sites for hydroxylation is 2. The average molecular weight is 260 g/mol. The molecule has 0 spiro atoms. The second-order valence-electron chi connectivity index (χ2n) is 3.13. The molecule has 0 atom stereocenters. The fraction of sp³-hybridized carbons (Fsp3) is 0.556. The second-order valence-corrected chi connectivity index (χ2v) is 3.92. The highest BCUT2D eigenvalue weighted by atomic mass is 79.9. The van der Waals surface area contributed by atoms with Gasteiger partial charge in [-0.2, -0.15) is 5.10 Å². The van der Waals surface area contributed by atoms with E-state index in [2.05, 4.69) is 26.3 Å². The maximum Gasteiger partial charge on any atom is 0.221 e. The number of nitrogens with zero attached hydrogens (tertiary/aromatic N) is 2. The zero-order valence-corrected chi connectivity index (χ0v) is 10.2. The van der Waals surface area contributed by atoms with Gasteiger partial charge in [0.2, 0.25) is 5.91 Å². The number of hydrogen-bond acceptors (Lipinski definition) is 2. The zero-order valence-electron chi connectivity index (χ0n) is 8.59. The van der Waals surface area contributed by atoms with Crippen molar-refractivity contribution in [2.24, 2.45) is 0 Å². The Labute approximate surface area is 91.8 Å². The highest BCUT2D eigenvalue weighted by Gasteiger charge is 2.09. The van der Waals surface area contributed by atoms with E-state index in [0.29, 0.717) is 13.0 Å². The van der Waals surface area contributed by atoms with Crippen molar-refractivity contribution in [3.05, 3.63) is 15.9 Å². The molecule has 0 saturated heterocycles. The van der Waals surface area contributed by atoms with Crippen molar-refractivity contribution >= 4 is 21.8 Å². The first-order valence-corrected chi connectivity index (χ1v) is 5.25. The van der Waals surface area contributed by atoms with Crippen molar-refractivity contribution in [3.8, 4) is 0 Å². The Bertz CT molecular complexity index is 346. The average Bonchev–Trinajstić information content (AvgIpc) is 2.42. The number of halogens is 1. The molecule has 0 aliphatic carbocycles. The molecule has 0 fully saturated rings. The highest BCUT2D eigenvalue weighted by Crippen LogP contribution is 2.19. The van der Waals surface area contributed by atoms with Crippen molar-refractivity contribution in [2.75, 3.05) is 7.05 Å². The molecular formula is C9H14BrN3O. The molecule has 1 aromatic heterocycles.